The van der Waals surface area contributed by atoms with E-state index in [9.17, 15) is 9.59 Å². The van der Waals surface area contributed by atoms with Gasteiger partial charge in [-0.25, -0.2) is 0 Å². The minimum absolute atomic E-state index is 0.0706. The number of benzene rings is 2. The minimum atomic E-state index is -0.104. The van der Waals surface area contributed by atoms with Gasteiger partial charge in [0.05, 0.1) is 5.39 Å². The van der Waals surface area contributed by atoms with Crippen LogP contribution >= 0.6 is 0 Å². The van der Waals surface area contributed by atoms with Crippen molar-refractivity contribution in [1.82, 2.24) is 4.57 Å². The van der Waals surface area contributed by atoms with Gasteiger partial charge in [0.1, 0.15) is 5.75 Å². The van der Waals surface area contributed by atoms with E-state index in [1.54, 1.807) is 47.2 Å². The van der Waals surface area contributed by atoms with E-state index in [2.05, 4.69) is 6.58 Å². The van der Waals surface area contributed by atoms with Gasteiger partial charge in [0.2, 0.25) is 0 Å². The number of hydrogen-bond acceptors (Lipinski definition) is 3. The first-order valence-electron chi connectivity index (χ1n) is 7.65. The van der Waals surface area contributed by atoms with E-state index in [-0.39, 0.29) is 17.9 Å². The van der Waals surface area contributed by atoms with Gasteiger partial charge >= 0.3 is 0 Å². The largest absolute Gasteiger partial charge is 0.485 e. The number of aromatic nitrogens is 1. The predicted molar refractivity (Wildman–Crippen MR) is 94.7 cm³/mol. The van der Waals surface area contributed by atoms with E-state index in [0.717, 1.165) is 0 Å². The molecule has 4 nitrogen and oxygen atoms in total. The summed E-state index contributed by atoms with van der Waals surface area (Å²) >= 11 is 0. The van der Waals surface area contributed by atoms with Crippen molar-refractivity contribution in [3.05, 3.63) is 89.4 Å². The zero-order valence-electron chi connectivity index (χ0n) is 13.1. The molecule has 0 fully saturated rings. The third kappa shape index (κ3) is 3.13. The van der Waals surface area contributed by atoms with Crippen LogP contribution in [0, 0.1) is 0 Å². The topological polar surface area (TPSA) is 48.3 Å². The third-order valence-electron chi connectivity index (χ3n) is 3.76. The predicted octanol–water partition coefficient (Wildman–Crippen LogP) is 3.45. The molecule has 0 aliphatic heterocycles. The summed E-state index contributed by atoms with van der Waals surface area (Å²) in [6, 6.07) is 16.1. The molecule has 0 unspecified atom stereocenters. The quantitative estimate of drug-likeness (QED) is 0.516. The number of pyridine rings is 1. The number of carbonyl (C=O) groups excluding carboxylic acids is 1. The van der Waals surface area contributed by atoms with Crippen molar-refractivity contribution in [3.8, 4) is 5.75 Å². The van der Waals surface area contributed by atoms with Crippen LogP contribution in [-0.4, -0.2) is 17.0 Å². The Morgan fingerprint density at radius 3 is 2.58 bits per heavy atom. The molecule has 0 saturated heterocycles. The lowest BCUT2D eigenvalue weighted by molar-refractivity contribution is 0.0922. The number of ketones is 1. The molecule has 0 amide bonds. The summed E-state index contributed by atoms with van der Waals surface area (Å²) < 4.78 is 7.25. The summed E-state index contributed by atoms with van der Waals surface area (Å²) in [4.78, 5) is 24.6. The molecule has 1 heterocycles. The van der Waals surface area contributed by atoms with Gasteiger partial charge in [0.15, 0.2) is 12.4 Å². The van der Waals surface area contributed by atoms with Crippen LogP contribution < -0.4 is 10.3 Å². The molecule has 1 aromatic heterocycles. The van der Waals surface area contributed by atoms with E-state index in [0.29, 0.717) is 28.6 Å². The summed E-state index contributed by atoms with van der Waals surface area (Å²) in [5.74, 6) is 0.423. The molecule has 2 aromatic carbocycles. The summed E-state index contributed by atoms with van der Waals surface area (Å²) in [6.07, 6.45) is 3.38. The zero-order valence-corrected chi connectivity index (χ0v) is 13.1. The Bertz CT molecular complexity index is 942. The van der Waals surface area contributed by atoms with Crippen LogP contribution in [0.2, 0.25) is 0 Å². The van der Waals surface area contributed by atoms with Gasteiger partial charge in [-0.2, -0.15) is 0 Å². The molecular weight excluding hydrogens is 302 g/mol. The molecule has 0 atom stereocenters. The standard InChI is InChI=1S/C20H17NO3/c1-2-12-21-13-11-16-17(20(21)23)9-6-10-19(16)24-14-18(22)15-7-4-3-5-8-15/h2-11,13H,1,12,14H2. The normalized spacial score (nSPS) is 10.5. The second-order valence-corrected chi connectivity index (χ2v) is 5.36. The number of allylic oxidation sites excluding steroid dienone is 1. The average molecular weight is 319 g/mol. The summed E-state index contributed by atoms with van der Waals surface area (Å²) in [5.41, 5.74) is 0.498. The highest BCUT2D eigenvalue weighted by Gasteiger charge is 2.10. The fourth-order valence-electron chi connectivity index (χ4n) is 2.55. The highest BCUT2D eigenvalue weighted by Crippen LogP contribution is 2.23. The Balaban J connectivity index is 1.88. The molecule has 0 bridgehead atoms. The van der Waals surface area contributed by atoms with Gasteiger partial charge in [-0.1, -0.05) is 42.5 Å². The lowest BCUT2D eigenvalue weighted by Crippen LogP contribution is -2.19. The number of hydrogen-bond donors (Lipinski definition) is 0. The maximum atomic E-state index is 12.4. The fourth-order valence-corrected chi connectivity index (χ4v) is 2.55. The molecule has 4 heteroatoms. The SMILES string of the molecule is C=CCn1ccc2c(OCC(=O)c3ccccc3)cccc2c1=O. The van der Waals surface area contributed by atoms with Gasteiger partial charge in [-0.3, -0.25) is 9.59 Å². The van der Waals surface area contributed by atoms with Crippen LogP contribution in [0.5, 0.6) is 5.75 Å². The van der Waals surface area contributed by atoms with E-state index in [1.807, 2.05) is 24.3 Å². The number of carbonyl (C=O) groups is 1. The Hall–Kier alpha value is -3.14. The lowest BCUT2D eigenvalue weighted by atomic mass is 10.1. The first-order valence-corrected chi connectivity index (χ1v) is 7.65. The van der Waals surface area contributed by atoms with Crippen molar-refractivity contribution < 1.29 is 9.53 Å². The maximum absolute atomic E-state index is 12.4. The number of nitrogens with zero attached hydrogens (tertiary/aromatic N) is 1. The van der Waals surface area contributed by atoms with Crippen LogP contribution in [0.25, 0.3) is 10.8 Å². The van der Waals surface area contributed by atoms with Gasteiger partial charge < -0.3 is 9.30 Å². The fraction of sp³-hybridized carbons (Fsp3) is 0.100. The van der Waals surface area contributed by atoms with Crippen molar-refractivity contribution in [2.75, 3.05) is 6.61 Å². The van der Waals surface area contributed by atoms with Crippen LogP contribution in [0.15, 0.2) is 78.2 Å². The first kappa shape index (κ1) is 15.7. The van der Waals surface area contributed by atoms with Crippen molar-refractivity contribution in [1.29, 1.82) is 0 Å². The Kier molecular flexibility index (Phi) is 4.57. The van der Waals surface area contributed by atoms with Gasteiger partial charge in [-0.05, 0) is 18.2 Å². The number of fused-ring (bicyclic) bond motifs is 1. The van der Waals surface area contributed by atoms with E-state index in [4.69, 9.17) is 4.74 Å². The van der Waals surface area contributed by atoms with Crippen molar-refractivity contribution >= 4 is 16.6 Å². The minimum Gasteiger partial charge on any atom is -0.485 e. The van der Waals surface area contributed by atoms with E-state index in [1.165, 1.54) is 0 Å². The van der Waals surface area contributed by atoms with Crippen LogP contribution in [0.3, 0.4) is 0 Å². The first-order chi connectivity index (χ1) is 11.7. The molecule has 120 valence electrons. The van der Waals surface area contributed by atoms with Crippen LogP contribution in [-0.2, 0) is 6.54 Å². The second-order valence-electron chi connectivity index (χ2n) is 5.36. The maximum Gasteiger partial charge on any atom is 0.258 e. The van der Waals surface area contributed by atoms with Crippen molar-refractivity contribution in [2.45, 2.75) is 6.54 Å². The molecular formula is C20H17NO3. The van der Waals surface area contributed by atoms with Gasteiger partial charge in [0.25, 0.3) is 5.56 Å². The van der Waals surface area contributed by atoms with Gasteiger partial charge in [0, 0.05) is 23.7 Å². The zero-order chi connectivity index (χ0) is 16.9. The molecule has 0 spiro atoms. The molecule has 3 rings (SSSR count). The van der Waals surface area contributed by atoms with Crippen LogP contribution in [0.1, 0.15) is 10.4 Å². The molecule has 3 aromatic rings. The average Bonchev–Trinajstić information content (AvgIpc) is 2.63. The Labute approximate surface area is 139 Å². The highest BCUT2D eigenvalue weighted by atomic mass is 16.5. The Morgan fingerprint density at radius 1 is 1.04 bits per heavy atom. The summed E-state index contributed by atoms with van der Waals surface area (Å²) in [7, 11) is 0. The molecule has 0 N–H and O–H groups in total. The van der Waals surface area contributed by atoms with Crippen molar-refractivity contribution in [3.63, 3.8) is 0 Å². The highest BCUT2D eigenvalue weighted by molar-refractivity contribution is 5.97. The smallest absolute Gasteiger partial charge is 0.258 e. The van der Waals surface area contributed by atoms with Gasteiger partial charge in [-0.15, -0.1) is 6.58 Å². The summed E-state index contributed by atoms with van der Waals surface area (Å²) in [6.45, 7) is 4.03. The van der Waals surface area contributed by atoms with E-state index < -0.39 is 0 Å². The van der Waals surface area contributed by atoms with Crippen molar-refractivity contribution in [2.24, 2.45) is 0 Å². The monoisotopic (exact) mass is 319 g/mol. The number of Topliss-reactive ketones (excluding diaryl/α,β-unsaturated/α-hetero) is 1. The summed E-state index contributed by atoms with van der Waals surface area (Å²) in [5, 5.41) is 1.26. The molecule has 24 heavy (non-hydrogen) atoms. The third-order valence-corrected chi connectivity index (χ3v) is 3.76. The van der Waals surface area contributed by atoms with Crippen LogP contribution in [0.4, 0.5) is 0 Å². The molecule has 0 aliphatic carbocycles. The molecule has 0 radical (unpaired) electrons. The molecule has 0 aliphatic rings. The number of ether oxygens (including phenoxy) is 1. The second kappa shape index (κ2) is 6.96. The Morgan fingerprint density at radius 2 is 1.83 bits per heavy atom. The number of rotatable bonds is 6. The molecule has 0 saturated carbocycles. The van der Waals surface area contributed by atoms with E-state index >= 15 is 0 Å². The lowest BCUT2D eigenvalue weighted by Gasteiger charge is -2.10.